The molecule has 3 aliphatic rings. The number of ether oxygens (including phenoxy) is 1. The number of rotatable bonds is 4. The van der Waals surface area contributed by atoms with E-state index in [0.717, 1.165) is 32.0 Å². The summed E-state index contributed by atoms with van der Waals surface area (Å²) < 4.78 is 45.9. The first-order valence-electron chi connectivity index (χ1n) is 8.07. The Kier molecular flexibility index (Phi) is 5.33. The van der Waals surface area contributed by atoms with Crippen LogP contribution in [0.25, 0.3) is 0 Å². The molecule has 1 saturated heterocycles. The van der Waals surface area contributed by atoms with Crippen molar-refractivity contribution in [2.24, 2.45) is 16.8 Å². The lowest BCUT2D eigenvalue weighted by molar-refractivity contribution is 0.00681. The molecule has 1 N–H and O–H groups in total. The Hall–Kier alpha value is -1.40. The molecule has 1 aliphatic carbocycles. The summed E-state index contributed by atoms with van der Waals surface area (Å²) >= 11 is 0. The molecule has 0 aromatic heterocycles. The maximum Gasteiger partial charge on any atom is 0.154 e. The molecule has 0 bridgehead atoms. The van der Waals surface area contributed by atoms with Crippen LogP contribution in [0.15, 0.2) is 40.6 Å². The van der Waals surface area contributed by atoms with E-state index in [4.69, 9.17) is 4.74 Å². The Morgan fingerprint density at radius 1 is 1.26 bits per heavy atom. The molecular formula is C17H21F3N2O. The highest BCUT2D eigenvalue weighted by Gasteiger charge is 2.32. The maximum absolute atomic E-state index is 13.8. The second-order valence-corrected chi connectivity index (χ2v) is 6.20. The Labute approximate surface area is 134 Å². The zero-order valence-corrected chi connectivity index (χ0v) is 12.9. The summed E-state index contributed by atoms with van der Waals surface area (Å²) in [6.45, 7) is 2.15. The van der Waals surface area contributed by atoms with Gasteiger partial charge in [-0.3, -0.25) is 4.99 Å². The van der Waals surface area contributed by atoms with Crippen LogP contribution in [-0.4, -0.2) is 38.2 Å². The van der Waals surface area contributed by atoms with Crippen LogP contribution in [0.1, 0.15) is 19.3 Å². The number of hydrogen-bond donors (Lipinski definition) is 1. The number of nitrogens with one attached hydrogen (secondary N) is 1. The predicted molar refractivity (Wildman–Crippen MR) is 83.3 cm³/mol. The van der Waals surface area contributed by atoms with Crippen molar-refractivity contribution >= 4 is 6.21 Å². The SMILES string of the molecule is FC1=CC(F)C(OCC2CC=NC=C2C2CCNCC2)C(F)=C1. The minimum atomic E-state index is -1.79. The summed E-state index contributed by atoms with van der Waals surface area (Å²) in [7, 11) is 0. The fraction of sp³-hybridized carbons (Fsp3) is 0.588. The topological polar surface area (TPSA) is 33.6 Å². The first-order chi connectivity index (χ1) is 11.1. The van der Waals surface area contributed by atoms with Gasteiger partial charge in [-0.1, -0.05) is 0 Å². The summed E-state index contributed by atoms with van der Waals surface area (Å²) in [6, 6.07) is 0. The molecule has 3 nitrogen and oxygen atoms in total. The number of piperidine rings is 1. The second kappa shape index (κ2) is 7.45. The van der Waals surface area contributed by atoms with Crippen LogP contribution in [0, 0.1) is 11.8 Å². The van der Waals surface area contributed by atoms with Crippen molar-refractivity contribution in [3.05, 3.63) is 35.6 Å². The maximum atomic E-state index is 13.8. The van der Waals surface area contributed by atoms with Crippen molar-refractivity contribution in [3.8, 4) is 0 Å². The molecule has 0 radical (unpaired) electrons. The lowest BCUT2D eigenvalue weighted by Crippen LogP contribution is -2.34. The van der Waals surface area contributed by atoms with E-state index in [1.54, 1.807) is 6.21 Å². The average Bonchev–Trinajstić information content (AvgIpc) is 2.55. The molecule has 0 aromatic carbocycles. The van der Waals surface area contributed by atoms with Crippen LogP contribution in [0.3, 0.4) is 0 Å². The van der Waals surface area contributed by atoms with E-state index in [-0.39, 0.29) is 12.5 Å². The van der Waals surface area contributed by atoms with Gasteiger partial charge in [0.1, 0.15) is 17.8 Å². The van der Waals surface area contributed by atoms with Gasteiger partial charge in [0.05, 0.1) is 6.61 Å². The molecule has 1 fully saturated rings. The van der Waals surface area contributed by atoms with Gasteiger partial charge in [0.25, 0.3) is 0 Å². The molecule has 23 heavy (non-hydrogen) atoms. The quantitative estimate of drug-likeness (QED) is 0.859. The van der Waals surface area contributed by atoms with Crippen molar-refractivity contribution in [2.45, 2.75) is 31.5 Å². The van der Waals surface area contributed by atoms with Crippen LogP contribution in [0.4, 0.5) is 13.2 Å². The van der Waals surface area contributed by atoms with Crippen LogP contribution in [0.2, 0.25) is 0 Å². The molecule has 0 saturated carbocycles. The van der Waals surface area contributed by atoms with Gasteiger partial charge in [-0.05, 0) is 49.9 Å². The molecule has 126 valence electrons. The molecule has 6 heteroatoms. The van der Waals surface area contributed by atoms with E-state index >= 15 is 0 Å². The van der Waals surface area contributed by atoms with Gasteiger partial charge < -0.3 is 10.1 Å². The molecule has 3 rings (SSSR count). The molecule has 2 aliphatic heterocycles. The Morgan fingerprint density at radius 2 is 2.04 bits per heavy atom. The van der Waals surface area contributed by atoms with E-state index < -0.39 is 23.9 Å². The van der Waals surface area contributed by atoms with Crippen LogP contribution in [-0.2, 0) is 4.74 Å². The van der Waals surface area contributed by atoms with Crippen LogP contribution in [0.5, 0.6) is 0 Å². The van der Waals surface area contributed by atoms with Crippen LogP contribution >= 0.6 is 0 Å². The largest absolute Gasteiger partial charge is 0.367 e. The third kappa shape index (κ3) is 3.93. The third-order valence-electron chi connectivity index (χ3n) is 4.63. The molecule has 3 atom stereocenters. The normalized spacial score (nSPS) is 32.3. The molecule has 0 amide bonds. The molecule has 3 unspecified atom stereocenters. The standard InChI is InChI=1S/C17H21F3N2O/c18-13-7-15(19)17(16(20)8-13)23-10-12-3-6-22-9-14(12)11-1-4-21-5-2-11/h6-9,11-12,15,17,21H,1-5,10H2. The molecule has 0 aromatic rings. The van der Waals surface area contributed by atoms with Crippen molar-refractivity contribution in [1.29, 1.82) is 0 Å². The third-order valence-corrected chi connectivity index (χ3v) is 4.63. The average molecular weight is 326 g/mol. The Balaban J connectivity index is 1.62. The van der Waals surface area contributed by atoms with Gasteiger partial charge in [0, 0.05) is 24.4 Å². The van der Waals surface area contributed by atoms with Crippen molar-refractivity contribution in [3.63, 3.8) is 0 Å². The summed E-state index contributed by atoms with van der Waals surface area (Å²) in [5, 5.41) is 3.32. The number of halogens is 3. The number of nitrogens with zero attached hydrogens (tertiary/aromatic N) is 1. The van der Waals surface area contributed by atoms with Gasteiger partial charge >= 0.3 is 0 Å². The lowest BCUT2D eigenvalue weighted by Gasteiger charge is -2.32. The number of hydrogen-bond acceptors (Lipinski definition) is 3. The van der Waals surface area contributed by atoms with Crippen molar-refractivity contribution < 1.29 is 17.9 Å². The van der Waals surface area contributed by atoms with E-state index in [1.807, 2.05) is 6.20 Å². The lowest BCUT2D eigenvalue weighted by atomic mass is 9.81. The minimum absolute atomic E-state index is 0.0753. The van der Waals surface area contributed by atoms with E-state index in [1.165, 1.54) is 5.57 Å². The first-order valence-corrected chi connectivity index (χ1v) is 8.07. The predicted octanol–water partition coefficient (Wildman–Crippen LogP) is 3.40. The van der Waals surface area contributed by atoms with Gasteiger partial charge in [-0.15, -0.1) is 0 Å². The highest BCUT2D eigenvalue weighted by molar-refractivity contribution is 5.61. The molecule has 0 spiro atoms. The summed E-state index contributed by atoms with van der Waals surface area (Å²) in [6.07, 6.45) is 4.75. The van der Waals surface area contributed by atoms with E-state index in [9.17, 15) is 13.2 Å². The first kappa shape index (κ1) is 16.5. The van der Waals surface area contributed by atoms with E-state index in [0.29, 0.717) is 18.4 Å². The van der Waals surface area contributed by atoms with Gasteiger partial charge in [-0.25, -0.2) is 13.2 Å². The number of allylic oxidation sites excluding steroid dienone is 2. The number of alkyl halides is 1. The fourth-order valence-electron chi connectivity index (χ4n) is 3.37. The van der Waals surface area contributed by atoms with Gasteiger partial charge in [-0.2, -0.15) is 0 Å². The minimum Gasteiger partial charge on any atom is -0.367 e. The second-order valence-electron chi connectivity index (χ2n) is 6.20. The molecule has 2 heterocycles. The summed E-state index contributed by atoms with van der Waals surface area (Å²) in [5.74, 6) is -1.27. The fourth-order valence-corrected chi connectivity index (χ4v) is 3.37. The zero-order valence-electron chi connectivity index (χ0n) is 12.9. The highest BCUT2D eigenvalue weighted by Crippen LogP contribution is 2.33. The van der Waals surface area contributed by atoms with Crippen molar-refractivity contribution in [2.75, 3.05) is 19.7 Å². The zero-order chi connectivity index (χ0) is 16.2. The van der Waals surface area contributed by atoms with E-state index in [2.05, 4.69) is 10.3 Å². The monoisotopic (exact) mass is 326 g/mol. The smallest absolute Gasteiger partial charge is 0.154 e. The van der Waals surface area contributed by atoms with Gasteiger partial charge in [0.2, 0.25) is 0 Å². The van der Waals surface area contributed by atoms with Crippen molar-refractivity contribution in [1.82, 2.24) is 5.32 Å². The van der Waals surface area contributed by atoms with Crippen LogP contribution < -0.4 is 5.32 Å². The highest BCUT2D eigenvalue weighted by atomic mass is 19.2. The Bertz CT molecular complexity index is 550. The Morgan fingerprint density at radius 3 is 2.78 bits per heavy atom. The van der Waals surface area contributed by atoms with Gasteiger partial charge in [0.15, 0.2) is 6.17 Å². The summed E-state index contributed by atoms with van der Waals surface area (Å²) in [4.78, 5) is 4.24. The number of aliphatic imine (C=N–C) groups is 1. The summed E-state index contributed by atoms with van der Waals surface area (Å²) in [5.41, 5.74) is 1.20. The molecular weight excluding hydrogens is 305 g/mol.